The van der Waals surface area contributed by atoms with Crippen LogP contribution in [0.3, 0.4) is 0 Å². The normalized spacial score (nSPS) is 10.0. The number of nitrogens with two attached hydrogens (primary N) is 1. The van der Waals surface area contributed by atoms with Crippen LogP contribution in [0.2, 0.25) is 0 Å². The molecule has 0 amide bonds. The SMILES string of the molecule is Nc1ccc(O)c(CNCC(=O)O)c1. The molecule has 5 heteroatoms. The van der Waals surface area contributed by atoms with Gasteiger partial charge in [-0.05, 0) is 18.2 Å². The van der Waals surface area contributed by atoms with Crippen molar-refractivity contribution in [3.63, 3.8) is 0 Å². The van der Waals surface area contributed by atoms with Gasteiger partial charge in [0.25, 0.3) is 0 Å². The topological polar surface area (TPSA) is 95.6 Å². The molecule has 0 saturated heterocycles. The van der Waals surface area contributed by atoms with Crippen LogP contribution in [0.5, 0.6) is 5.75 Å². The first kappa shape index (κ1) is 10.3. The van der Waals surface area contributed by atoms with Gasteiger partial charge in [-0.25, -0.2) is 0 Å². The highest BCUT2D eigenvalue weighted by Crippen LogP contribution is 2.19. The van der Waals surface area contributed by atoms with Gasteiger partial charge in [-0.2, -0.15) is 0 Å². The summed E-state index contributed by atoms with van der Waals surface area (Å²) >= 11 is 0. The fourth-order valence-corrected chi connectivity index (χ4v) is 1.05. The third-order valence-corrected chi connectivity index (χ3v) is 1.70. The number of phenolic OH excluding ortho intramolecular Hbond substituents is 1. The molecule has 0 radical (unpaired) electrons. The summed E-state index contributed by atoms with van der Waals surface area (Å²) in [6, 6.07) is 4.66. The molecule has 0 aliphatic carbocycles. The van der Waals surface area contributed by atoms with Gasteiger partial charge in [0.15, 0.2) is 0 Å². The number of nitrogen functional groups attached to an aromatic ring is 1. The molecule has 0 aliphatic rings. The first-order chi connectivity index (χ1) is 6.59. The van der Waals surface area contributed by atoms with Gasteiger partial charge in [-0.1, -0.05) is 0 Å². The number of phenols is 1. The van der Waals surface area contributed by atoms with Crippen molar-refractivity contribution < 1.29 is 15.0 Å². The average molecular weight is 196 g/mol. The zero-order valence-corrected chi connectivity index (χ0v) is 7.53. The molecule has 1 aromatic rings. The molecule has 0 atom stereocenters. The minimum atomic E-state index is -0.937. The number of anilines is 1. The van der Waals surface area contributed by atoms with Crippen LogP contribution in [0.4, 0.5) is 5.69 Å². The lowest BCUT2D eigenvalue weighted by molar-refractivity contribution is -0.136. The molecule has 1 aromatic carbocycles. The van der Waals surface area contributed by atoms with Crippen LogP contribution >= 0.6 is 0 Å². The maximum atomic E-state index is 10.2. The largest absolute Gasteiger partial charge is 0.508 e. The zero-order chi connectivity index (χ0) is 10.6. The molecule has 0 unspecified atom stereocenters. The van der Waals surface area contributed by atoms with Gasteiger partial charge in [-0.15, -0.1) is 0 Å². The molecule has 76 valence electrons. The highest BCUT2D eigenvalue weighted by molar-refractivity contribution is 5.69. The van der Waals surface area contributed by atoms with Gasteiger partial charge >= 0.3 is 5.97 Å². The lowest BCUT2D eigenvalue weighted by Crippen LogP contribution is -2.21. The molecule has 0 aromatic heterocycles. The lowest BCUT2D eigenvalue weighted by atomic mass is 10.2. The van der Waals surface area contributed by atoms with E-state index in [1.807, 2.05) is 0 Å². The predicted octanol–water partition coefficient (Wildman–Crippen LogP) is 0.149. The second kappa shape index (κ2) is 4.48. The summed E-state index contributed by atoms with van der Waals surface area (Å²) in [5.41, 5.74) is 6.63. The van der Waals surface area contributed by atoms with E-state index in [4.69, 9.17) is 10.8 Å². The summed E-state index contributed by atoms with van der Waals surface area (Å²) < 4.78 is 0. The second-order valence-corrected chi connectivity index (χ2v) is 2.89. The molecular weight excluding hydrogens is 184 g/mol. The van der Waals surface area contributed by atoms with Crippen molar-refractivity contribution >= 4 is 11.7 Å². The Morgan fingerprint density at radius 1 is 1.50 bits per heavy atom. The fraction of sp³-hybridized carbons (Fsp3) is 0.222. The summed E-state index contributed by atoms with van der Waals surface area (Å²) in [4.78, 5) is 10.2. The van der Waals surface area contributed by atoms with Gasteiger partial charge in [0.2, 0.25) is 0 Å². The highest BCUT2D eigenvalue weighted by atomic mass is 16.4. The van der Waals surface area contributed by atoms with E-state index in [9.17, 15) is 9.90 Å². The molecule has 0 bridgehead atoms. The van der Waals surface area contributed by atoms with Crippen molar-refractivity contribution in [1.29, 1.82) is 0 Å². The Balaban J connectivity index is 2.57. The number of aromatic hydroxyl groups is 1. The van der Waals surface area contributed by atoms with E-state index in [1.54, 1.807) is 12.1 Å². The van der Waals surface area contributed by atoms with Crippen molar-refractivity contribution in [2.24, 2.45) is 0 Å². The zero-order valence-electron chi connectivity index (χ0n) is 7.53. The quantitative estimate of drug-likeness (QED) is 0.406. The molecule has 0 spiro atoms. The Bertz CT molecular complexity index is 339. The standard InChI is InChI=1S/C9H12N2O3/c10-7-1-2-8(12)6(3-7)4-11-5-9(13)14/h1-3,11-12H,4-5,10H2,(H,13,14). The van der Waals surface area contributed by atoms with E-state index >= 15 is 0 Å². The number of carboxylic acid groups (broad SMARTS) is 1. The molecular formula is C9H12N2O3. The molecule has 14 heavy (non-hydrogen) atoms. The number of rotatable bonds is 4. The summed E-state index contributed by atoms with van der Waals surface area (Å²) in [5.74, 6) is -0.828. The third kappa shape index (κ3) is 2.95. The molecule has 5 nitrogen and oxygen atoms in total. The van der Waals surface area contributed by atoms with Crippen LogP contribution < -0.4 is 11.1 Å². The minimum Gasteiger partial charge on any atom is -0.508 e. The lowest BCUT2D eigenvalue weighted by Gasteiger charge is -2.05. The maximum absolute atomic E-state index is 10.2. The third-order valence-electron chi connectivity index (χ3n) is 1.70. The number of aliphatic carboxylic acids is 1. The van der Waals surface area contributed by atoms with E-state index in [-0.39, 0.29) is 18.8 Å². The summed E-state index contributed by atoms with van der Waals surface area (Å²) in [5, 5.41) is 20.4. The van der Waals surface area contributed by atoms with Crippen molar-refractivity contribution in [2.45, 2.75) is 6.54 Å². The molecule has 1 rings (SSSR count). The second-order valence-electron chi connectivity index (χ2n) is 2.89. The smallest absolute Gasteiger partial charge is 0.317 e. The first-order valence-electron chi connectivity index (χ1n) is 4.09. The maximum Gasteiger partial charge on any atom is 0.317 e. The number of nitrogens with one attached hydrogen (secondary N) is 1. The molecule has 0 aliphatic heterocycles. The number of carbonyl (C=O) groups is 1. The summed E-state index contributed by atoms with van der Waals surface area (Å²) in [6.45, 7) is 0.136. The van der Waals surface area contributed by atoms with Crippen LogP contribution in [0, 0.1) is 0 Å². The van der Waals surface area contributed by atoms with Crippen molar-refractivity contribution in [1.82, 2.24) is 5.32 Å². The van der Waals surface area contributed by atoms with E-state index in [2.05, 4.69) is 5.32 Å². The van der Waals surface area contributed by atoms with E-state index in [0.29, 0.717) is 11.3 Å². The number of hydrogen-bond donors (Lipinski definition) is 4. The minimum absolute atomic E-state index is 0.108. The van der Waals surface area contributed by atoms with Gasteiger partial charge in [0, 0.05) is 17.8 Å². The van der Waals surface area contributed by atoms with E-state index in [1.165, 1.54) is 6.07 Å². The van der Waals surface area contributed by atoms with E-state index < -0.39 is 5.97 Å². The first-order valence-corrected chi connectivity index (χ1v) is 4.09. The summed E-state index contributed by atoms with van der Waals surface area (Å²) in [7, 11) is 0. The van der Waals surface area contributed by atoms with Crippen LogP contribution in [0.1, 0.15) is 5.56 Å². The predicted molar refractivity (Wildman–Crippen MR) is 51.9 cm³/mol. The van der Waals surface area contributed by atoms with Gasteiger partial charge in [0.1, 0.15) is 5.75 Å². The van der Waals surface area contributed by atoms with Crippen molar-refractivity contribution in [3.8, 4) is 5.75 Å². The Morgan fingerprint density at radius 3 is 2.86 bits per heavy atom. The molecule has 0 fully saturated rings. The van der Waals surface area contributed by atoms with Gasteiger partial charge in [0.05, 0.1) is 6.54 Å². The number of benzene rings is 1. The van der Waals surface area contributed by atoms with Crippen molar-refractivity contribution in [3.05, 3.63) is 23.8 Å². The van der Waals surface area contributed by atoms with Crippen molar-refractivity contribution in [2.75, 3.05) is 12.3 Å². The summed E-state index contributed by atoms with van der Waals surface area (Å²) in [6.07, 6.45) is 0. The van der Waals surface area contributed by atoms with E-state index in [0.717, 1.165) is 0 Å². The Hall–Kier alpha value is -1.75. The highest BCUT2D eigenvalue weighted by Gasteiger charge is 2.02. The fourth-order valence-electron chi connectivity index (χ4n) is 1.05. The molecule has 0 heterocycles. The van der Waals surface area contributed by atoms with Gasteiger partial charge in [-0.3, -0.25) is 4.79 Å². The number of hydrogen-bond acceptors (Lipinski definition) is 4. The molecule has 0 saturated carbocycles. The van der Waals surface area contributed by atoms with Crippen LogP contribution in [0.15, 0.2) is 18.2 Å². The average Bonchev–Trinajstić information content (AvgIpc) is 2.10. The molecule has 5 N–H and O–H groups in total. The Kier molecular flexibility index (Phi) is 3.30. The van der Waals surface area contributed by atoms with Crippen LogP contribution in [0.25, 0.3) is 0 Å². The Labute approximate surface area is 81.2 Å². The number of carboxylic acids is 1. The Morgan fingerprint density at radius 2 is 2.21 bits per heavy atom. The van der Waals surface area contributed by atoms with Gasteiger partial charge < -0.3 is 21.3 Å². The van der Waals surface area contributed by atoms with Crippen LogP contribution in [-0.4, -0.2) is 22.7 Å². The van der Waals surface area contributed by atoms with Crippen LogP contribution in [-0.2, 0) is 11.3 Å². The monoisotopic (exact) mass is 196 g/mol.